The lowest BCUT2D eigenvalue weighted by Gasteiger charge is -2.10. The second-order valence-electron chi connectivity index (χ2n) is 4.91. The molecule has 0 bridgehead atoms. The molecule has 0 fully saturated rings. The third-order valence-corrected chi connectivity index (χ3v) is 4.23. The van der Waals surface area contributed by atoms with Crippen molar-refractivity contribution in [3.8, 4) is 5.75 Å². The molecule has 0 aliphatic heterocycles. The fourth-order valence-electron chi connectivity index (χ4n) is 2.13. The van der Waals surface area contributed by atoms with E-state index < -0.39 is 15.9 Å². The molecule has 0 saturated heterocycles. The molecule has 0 aliphatic carbocycles. The number of hydrogen-bond donors (Lipinski definition) is 1. The number of aryl methyl sites for hydroxylation is 1. The maximum absolute atomic E-state index is 11.2. The fraction of sp³-hybridized carbons (Fsp3) is 0.462. The van der Waals surface area contributed by atoms with Gasteiger partial charge in [-0.15, -0.1) is 0 Å². The zero-order valence-corrected chi connectivity index (χ0v) is 12.6. The third-order valence-electron chi connectivity index (χ3n) is 3.25. The Morgan fingerprint density at radius 3 is 2.75 bits per heavy atom. The van der Waals surface area contributed by atoms with Crippen LogP contribution in [0.4, 0.5) is 0 Å². The Balaban J connectivity index is 2.32. The molecule has 0 amide bonds. The summed E-state index contributed by atoms with van der Waals surface area (Å²) in [7, 11) is 0.455. The first-order valence-corrected chi connectivity index (χ1v) is 8.31. The van der Waals surface area contributed by atoms with Gasteiger partial charge in [0.1, 0.15) is 21.4 Å². The minimum absolute atomic E-state index is 0.0562. The number of nitrogens with zero attached hydrogens (tertiary/aromatic N) is 2. The predicted molar refractivity (Wildman–Crippen MR) is 78.5 cm³/mol. The van der Waals surface area contributed by atoms with Gasteiger partial charge in [-0.1, -0.05) is 0 Å². The maximum atomic E-state index is 11.2. The number of sulfone groups is 1. The highest BCUT2D eigenvalue weighted by molar-refractivity contribution is 7.90. The Hall–Kier alpha value is -1.60. The molecule has 110 valence electrons. The minimum Gasteiger partial charge on any atom is -0.497 e. The second-order valence-corrected chi connectivity index (χ2v) is 7.17. The molecular formula is C13H19N3O3S. The first kappa shape index (κ1) is 14.8. The number of ether oxygens (including phenoxy) is 1. The van der Waals surface area contributed by atoms with Crippen LogP contribution in [-0.2, 0) is 16.9 Å². The molecule has 2 N–H and O–H groups in total. The van der Waals surface area contributed by atoms with E-state index in [1.54, 1.807) is 7.11 Å². The van der Waals surface area contributed by atoms with Gasteiger partial charge in [0.25, 0.3) is 0 Å². The molecule has 2 rings (SSSR count). The Morgan fingerprint density at radius 2 is 2.15 bits per heavy atom. The number of hydrogen-bond acceptors (Lipinski definition) is 5. The highest BCUT2D eigenvalue weighted by Gasteiger charge is 2.17. The largest absolute Gasteiger partial charge is 0.497 e. The van der Waals surface area contributed by atoms with Crippen molar-refractivity contribution in [3.63, 3.8) is 0 Å². The molecule has 6 nitrogen and oxygen atoms in total. The van der Waals surface area contributed by atoms with Gasteiger partial charge in [-0.25, -0.2) is 13.4 Å². The van der Waals surface area contributed by atoms with Crippen LogP contribution in [0.3, 0.4) is 0 Å². The van der Waals surface area contributed by atoms with Crippen molar-refractivity contribution in [1.82, 2.24) is 9.55 Å². The van der Waals surface area contributed by atoms with Crippen molar-refractivity contribution < 1.29 is 13.2 Å². The van der Waals surface area contributed by atoms with Gasteiger partial charge in [-0.2, -0.15) is 0 Å². The second kappa shape index (κ2) is 5.41. The molecule has 1 aromatic heterocycles. The summed E-state index contributed by atoms with van der Waals surface area (Å²) >= 11 is 0. The van der Waals surface area contributed by atoms with Crippen LogP contribution in [0.25, 0.3) is 11.0 Å². The molecular weight excluding hydrogens is 278 g/mol. The van der Waals surface area contributed by atoms with Crippen LogP contribution in [0.1, 0.15) is 18.3 Å². The highest BCUT2D eigenvalue weighted by atomic mass is 32.2. The Bertz CT molecular complexity index is 722. The number of methoxy groups -OCH3 is 1. The van der Waals surface area contributed by atoms with Gasteiger partial charge in [0.2, 0.25) is 0 Å². The van der Waals surface area contributed by atoms with E-state index in [1.165, 1.54) is 6.26 Å². The molecule has 0 spiro atoms. The normalized spacial score (nSPS) is 13.6. The Labute approximate surface area is 118 Å². The lowest BCUT2D eigenvalue weighted by atomic mass is 10.2. The molecule has 1 heterocycles. The van der Waals surface area contributed by atoms with Crippen molar-refractivity contribution in [2.24, 2.45) is 12.8 Å². The topological polar surface area (TPSA) is 87.2 Å². The zero-order valence-electron chi connectivity index (χ0n) is 11.8. The molecule has 1 aromatic carbocycles. The van der Waals surface area contributed by atoms with Gasteiger partial charge in [0.05, 0.1) is 29.9 Å². The molecule has 0 radical (unpaired) electrons. The van der Waals surface area contributed by atoms with E-state index in [1.807, 2.05) is 29.8 Å². The van der Waals surface area contributed by atoms with Gasteiger partial charge >= 0.3 is 0 Å². The molecule has 2 aromatic rings. The van der Waals surface area contributed by atoms with Gasteiger partial charge in [0, 0.05) is 19.4 Å². The average molecular weight is 297 g/mol. The lowest BCUT2D eigenvalue weighted by molar-refractivity contribution is 0.415. The van der Waals surface area contributed by atoms with E-state index in [-0.39, 0.29) is 5.75 Å². The summed E-state index contributed by atoms with van der Waals surface area (Å²) in [6.07, 6.45) is 1.56. The molecule has 7 heteroatoms. The van der Waals surface area contributed by atoms with Crippen molar-refractivity contribution in [3.05, 3.63) is 24.0 Å². The Kier molecular flexibility index (Phi) is 4.01. The van der Waals surface area contributed by atoms with E-state index in [0.29, 0.717) is 12.2 Å². The van der Waals surface area contributed by atoms with Crippen LogP contribution >= 0.6 is 0 Å². The van der Waals surface area contributed by atoms with Gasteiger partial charge in [-0.05, 0) is 18.6 Å². The van der Waals surface area contributed by atoms with Crippen LogP contribution in [0.5, 0.6) is 5.75 Å². The minimum atomic E-state index is -3.02. The molecule has 20 heavy (non-hydrogen) atoms. The van der Waals surface area contributed by atoms with E-state index in [0.717, 1.165) is 16.8 Å². The predicted octanol–water partition coefficient (Wildman–Crippen LogP) is 1.02. The fourth-order valence-corrected chi connectivity index (χ4v) is 2.81. The summed E-state index contributed by atoms with van der Waals surface area (Å²) in [5.41, 5.74) is 7.79. The smallest absolute Gasteiger partial charge is 0.147 e. The van der Waals surface area contributed by atoms with Crippen molar-refractivity contribution in [2.75, 3.05) is 19.1 Å². The molecule has 1 atom stereocenters. The number of fused-ring (bicyclic) bond motifs is 1. The van der Waals surface area contributed by atoms with Crippen LogP contribution in [-0.4, -0.2) is 37.1 Å². The van der Waals surface area contributed by atoms with E-state index in [2.05, 4.69) is 4.98 Å². The van der Waals surface area contributed by atoms with E-state index >= 15 is 0 Å². The monoisotopic (exact) mass is 297 g/mol. The summed E-state index contributed by atoms with van der Waals surface area (Å²) in [6, 6.07) is 5.19. The SMILES string of the molecule is COc1ccc2c(c1)nc(C(N)CCS(C)(=O)=O)n2C. The first-order chi connectivity index (χ1) is 9.31. The molecule has 1 unspecified atom stereocenters. The van der Waals surface area contributed by atoms with Crippen LogP contribution in [0.2, 0.25) is 0 Å². The number of rotatable bonds is 5. The lowest BCUT2D eigenvalue weighted by Crippen LogP contribution is -2.19. The summed E-state index contributed by atoms with van der Waals surface area (Å²) < 4.78 is 29.5. The summed E-state index contributed by atoms with van der Waals surface area (Å²) in [6.45, 7) is 0. The summed E-state index contributed by atoms with van der Waals surface area (Å²) in [5, 5.41) is 0. The van der Waals surface area contributed by atoms with E-state index in [9.17, 15) is 8.42 Å². The van der Waals surface area contributed by atoms with Crippen LogP contribution < -0.4 is 10.5 Å². The van der Waals surface area contributed by atoms with Crippen LogP contribution in [0, 0.1) is 0 Å². The van der Waals surface area contributed by atoms with Crippen LogP contribution in [0.15, 0.2) is 18.2 Å². The highest BCUT2D eigenvalue weighted by Crippen LogP contribution is 2.24. The number of benzene rings is 1. The van der Waals surface area contributed by atoms with Crippen molar-refractivity contribution in [1.29, 1.82) is 0 Å². The first-order valence-electron chi connectivity index (χ1n) is 6.25. The third kappa shape index (κ3) is 3.10. The number of imidazole rings is 1. The number of nitrogens with two attached hydrogens (primary N) is 1. The summed E-state index contributed by atoms with van der Waals surface area (Å²) in [5.74, 6) is 1.46. The van der Waals surface area contributed by atoms with Gasteiger partial charge < -0.3 is 15.0 Å². The zero-order chi connectivity index (χ0) is 14.9. The average Bonchev–Trinajstić information content (AvgIpc) is 2.72. The standard InChI is InChI=1S/C13H19N3O3S/c1-16-12-5-4-9(19-2)8-11(12)15-13(16)10(14)6-7-20(3,17)18/h4-5,8,10H,6-7,14H2,1-3H3. The molecule has 0 saturated carbocycles. The summed E-state index contributed by atoms with van der Waals surface area (Å²) in [4.78, 5) is 4.48. The quantitative estimate of drug-likeness (QED) is 0.890. The van der Waals surface area contributed by atoms with Gasteiger partial charge in [0.15, 0.2) is 0 Å². The van der Waals surface area contributed by atoms with Gasteiger partial charge in [-0.3, -0.25) is 0 Å². The maximum Gasteiger partial charge on any atom is 0.147 e. The van der Waals surface area contributed by atoms with E-state index in [4.69, 9.17) is 10.5 Å². The molecule has 0 aliphatic rings. The number of aromatic nitrogens is 2. The van der Waals surface area contributed by atoms with Crippen molar-refractivity contribution in [2.45, 2.75) is 12.5 Å². The Morgan fingerprint density at radius 1 is 1.45 bits per heavy atom. The van der Waals surface area contributed by atoms with Crippen molar-refractivity contribution >= 4 is 20.9 Å².